The first-order chi connectivity index (χ1) is 11.7. The van der Waals surface area contributed by atoms with Gasteiger partial charge in [0.05, 0.1) is 5.69 Å². The smallest absolute Gasteiger partial charge is 0.317 e. The highest BCUT2D eigenvalue weighted by atomic mass is 16.3. The van der Waals surface area contributed by atoms with Crippen LogP contribution >= 0.6 is 0 Å². The maximum atomic E-state index is 12.2. The Morgan fingerprint density at radius 1 is 1.08 bits per heavy atom. The molecule has 126 valence electrons. The summed E-state index contributed by atoms with van der Waals surface area (Å²) in [6.45, 7) is 3.29. The van der Waals surface area contributed by atoms with Crippen LogP contribution in [0, 0.1) is 0 Å². The molecule has 0 bridgehead atoms. The Balaban J connectivity index is 1.44. The molecule has 1 aliphatic heterocycles. The van der Waals surface area contributed by atoms with Crippen LogP contribution in [0.15, 0.2) is 48.7 Å². The molecule has 1 aliphatic rings. The van der Waals surface area contributed by atoms with Gasteiger partial charge in [0.15, 0.2) is 0 Å². The quantitative estimate of drug-likeness (QED) is 0.900. The molecule has 6 heteroatoms. The molecule has 0 unspecified atom stereocenters. The highest BCUT2D eigenvalue weighted by Crippen LogP contribution is 2.27. The molecule has 1 aromatic heterocycles. The van der Waals surface area contributed by atoms with Crippen molar-refractivity contribution in [2.75, 3.05) is 37.6 Å². The lowest BCUT2D eigenvalue weighted by atomic mass is 10.2. The van der Waals surface area contributed by atoms with Gasteiger partial charge in [-0.1, -0.05) is 18.2 Å². The second-order valence-corrected chi connectivity index (χ2v) is 5.77. The van der Waals surface area contributed by atoms with E-state index >= 15 is 0 Å². The fraction of sp³-hybridized carbons (Fsp3) is 0.333. The number of pyridine rings is 1. The molecule has 1 saturated heterocycles. The Labute approximate surface area is 141 Å². The number of carbonyl (C=O) groups is 1. The fourth-order valence-electron chi connectivity index (χ4n) is 2.84. The van der Waals surface area contributed by atoms with E-state index in [1.807, 2.05) is 41.3 Å². The third kappa shape index (κ3) is 3.95. The van der Waals surface area contributed by atoms with Gasteiger partial charge in [-0.15, -0.1) is 0 Å². The third-order valence-corrected chi connectivity index (χ3v) is 4.17. The summed E-state index contributed by atoms with van der Waals surface area (Å²) in [5, 5.41) is 12.9. The Morgan fingerprint density at radius 3 is 2.54 bits per heavy atom. The standard InChI is InChI=1S/C18H22N4O2/c23-17-7-2-1-6-16(17)21-11-13-22(14-12-21)18(24)20-10-8-15-5-3-4-9-19-15/h1-7,9,23H,8,10-14H2,(H,20,24). The van der Waals surface area contributed by atoms with Crippen LogP contribution in [0.25, 0.3) is 0 Å². The van der Waals surface area contributed by atoms with Gasteiger partial charge in [0.1, 0.15) is 5.75 Å². The molecule has 0 saturated carbocycles. The van der Waals surface area contributed by atoms with Crippen LogP contribution in [-0.2, 0) is 6.42 Å². The van der Waals surface area contributed by atoms with Crippen molar-refractivity contribution in [1.82, 2.24) is 15.2 Å². The van der Waals surface area contributed by atoms with Gasteiger partial charge in [-0.2, -0.15) is 0 Å². The maximum Gasteiger partial charge on any atom is 0.317 e. The number of rotatable bonds is 4. The minimum absolute atomic E-state index is 0.0390. The summed E-state index contributed by atoms with van der Waals surface area (Å²) in [6.07, 6.45) is 2.49. The summed E-state index contributed by atoms with van der Waals surface area (Å²) in [7, 11) is 0. The van der Waals surface area contributed by atoms with Crippen LogP contribution < -0.4 is 10.2 Å². The lowest BCUT2D eigenvalue weighted by Gasteiger charge is -2.36. The molecular weight excluding hydrogens is 304 g/mol. The number of nitrogens with zero attached hydrogens (tertiary/aromatic N) is 3. The summed E-state index contributed by atoms with van der Waals surface area (Å²) < 4.78 is 0. The van der Waals surface area contributed by atoms with E-state index in [2.05, 4.69) is 15.2 Å². The van der Waals surface area contributed by atoms with Crippen molar-refractivity contribution < 1.29 is 9.90 Å². The van der Waals surface area contributed by atoms with Gasteiger partial charge in [-0.3, -0.25) is 4.98 Å². The highest BCUT2D eigenvalue weighted by Gasteiger charge is 2.22. The van der Waals surface area contributed by atoms with Crippen LogP contribution in [0.3, 0.4) is 0 Å². The number of aromatic hydroxyl groups is 1. The number of piperazine rings is 1. The average Bonchev–Trinajstić information content (AvgIpc) is 2.63. The second kappa shape index (κ2) is 7.68. The average molecular weight is 326 g/mol. The molecule has 0 spiro atoms. The van der Waals surface area contributed by atoms with Gasteiger partial charge in [-0.05, 0) is 24.3 Å². The number of hydrogen-bond acceptors (Lipinski definition) is 4. The molecule has 2 aromatic rings. The normalized spacial score (nSPS) is 14.5. The zero-order chi connectivity index (χ0) is 16.8. The molecule has 1 fully saturated rings. The number of amides is 2. The molecule has 3 rings (SSSR count). The lowest BCUT2D eigenvalue weighted by Crippen LogP contribution is -2.52. The first kappa shape index (κ1) is 16.1. The van der Waals surface area contributed by atoms with Gasteiger partial charge in [0.2, 0.25) is 0 Å². The Kier molecular flexibility index (Phi) is 5.15. The lowest BCUT2D eigenvalue weighted by molar-refractivity contribution is 0.194. The zero-order valence-electron chi connectivity index (χ0n) is 13.6. The SMILES string of the molecule is O=C(NCCc1ccccn1)N1CCN(c2ccccc2O)CC1. The van der Waals surface area contributed by atoms with Gasteiger partial charge >= 0.3 is 6.03 Å². The van der Waals surface area contributed by atoms with Crippen LogP contribution in [-0.4, -0.2) is 53.7 Å². The van der Waals surface area contributed by atoms with E-state index in [9.17, 15) is 9.90 Å². The number of phenols is 1. The summed E-state index contributed by atoms with van der Waals surface area (Å²) >= 11 is 0. The van der Waals surface area contributed by atoms with Crippen molar-refractivity contribution in [3.05, 3.63) is 54.4 Å². The van der Waals surface area contributed by atoms with E-state index in [1.54, 1.807) is 12.3 Å². The minimum atomic E-state index is -0.0390. The molecule has 0 aliphatic carbocycles. The predicted molar refractivity (Wildman–Crippen MR) is 93.2 cm³/mol. The molecule has 0 radical (unpaired) electrons. The zero-order valence-corrected chi connectivity index (χ0v) is 13.6. The number of carbonyl (C=O) groups excluding carboxylic acids is 1. The number of anilines is 1. The van der Waals surface area contributed by atoms with Crippen LogP contribution in [0.4, 0.5) is 10.5 Å². The summed E-state index contributed by atoms with van der Waals surface area (Å²) in [5.74, 6) is 0.283. The Hall–Kier alpha value is -2.76. The maximum absolute atomic E-state index is 12.2. The summed E-state index contributed by atoms with van der Waals surface area (Å²) in [5.41, 5.74) is 1.80. The molecule has 2 heterocycles. The largest absolute Gasteiger partial charge is 0.506 e. The van der Waals surface area contributed by atoms with Crippen molar-refractivity contribution >= 4 is 11.7 Å². The van der Waals surface area contributed by atoms with Gasteiger partial charge < -0.3 is 20.2 Å². The van der Waals surface area contributed by atoms with Gasteiger partial charge in [-0.25, -0.2) is 4.79 Å². The van der Waals surface area contributed by atoms with E-state index in [1.165, 1.54) is 0 Å². The number of hydrogen-bond donors (Lipinski definition) is 2. The van der Waals surface area contributed by atoms with Crippen LogP contribution in [0.2, 0.25) is 0 Å². The van der Waals surface area contributed by atoms with Crippen molar-refractivity contribution in [2.24, 2.45) is 0 Å². The Bertz CT molecular complexity index is 670. The number of phenolic OH excluding ortho intramolecular Hbond substituents is 1. The van der Waals surface area contributed by atoms with Crippen molar-refractivity contribution in [2.45, 2.75) is 6.42 Å². The topological polar surface area (TPSA) is 68.7 Å². The molecule has 2 N–H and O–H groups in total. The van der Waals surface area contributed by atoms with Crippen molar-refractivity contribution in [3.63, 3.8) is 0 Å². The number of aromatic nitrogens is 1. The second-order valence-electron chi connectivity index (χ2n) is 5.77. The van der Waals surface area contributed by atoms with E-state index in [0.29, 0.717) is 32.7 Å². The van der Waals surface area contributed by atoms with E-state index in [0.717, 1.165) is 17.8 Å². The molecule has 6 nitrogen and oxygen atoms in total. The van der Waals surface area contributed by atoms with Gasteiger partial charge in [0.25, 0.3) is 0 Å². The highest BCUT2D eigenvalue weighted by molar-refractivity contribution is 5.74. The number of para-hydroxylation sites is 2. The van der Waals surface area contributed by atoms with Crippen LogP contribution in [0.5, 0.6) is 5.75 Å². The van der Waals surface area contributed by atoms with Crippen LogP contribution in [0.1, 0.15) is 5.69 Å². The predicted octanol–water partition coefficient (Wildman–Crippen LogP) is 1.86. The summed E-state index contributed by atoms with van der Waals surface area (Å²) in [4.78, 5) is 20.4. The van der Waals surface area contributed by atoms with Crippen molar-refractivity contribution in [3.8, 4) is 5.75 Å². The fourth-order valence-corrected chi connectivity index (χ4v) is 2.84. The molecule has 0 atom stereocenters. The van der Waals surface area contributed by atoms with E-state index in [-0.39, 0.29) is 11.8 Å². The summed E-state index contributed by atoms with van der Waals surface area (Å²) in [6, 6.07) is 13.0. The number of urea groups is 1. The van der Waals surface area contributed by atoms with E-state index in [4.69, 9.17) is 0 Å². The number of nitrogens with one attached hydrogen (secondary N) is 1. The first-order valence-electron chi connectivity index (χ1n) is 8.19. The molecule has 1 aromatic carbocycles. The molecule has 2 amide bonds. The van der Waals surface area contributed by atoms with Crippen molar-refractivity contribution in [1.29, 1.82) is 0 Å². The monoisotopic (exact) mass is 326 g/mol. The van der Waals surface area contributed by atoms with E-state index < -0.39 is 0 Å². The number of benzene rings is 1. The Morgan fingerprint density at radius 2 is 1.83 bits per heavy atom. The third-order valence-electron chi connectivity index (χ3n) is 4.17. The first-order valence-corrected chi connectivity index (χ1v) is 8.19. The molecular formula is C18H22N4O2. The van der Waals surface area contributed by atoms with Gasteiger partial charge in [0, 0.05) is 51.0 Å². The molecule has 24 heavy (non-hydrogen) atoms. The minimum Gasteiger partial charge on any atom is -0.506 e.